The topological polar surface area (TPSA) is 81.2 Å². The van der Waals surface area contributed by atoms with Crippen LogP contribution in [0.25, 0.3) is 22.6 Å². The average Bonchev–Trinajstić information content (AvgIpc) is 3.31. The fourth-order valence-corrected chi connectivity index (χ4v) is 5.16. The van der Waals surface area contributed by atoms with Crippen LogP contribution in [0.15, 0.2) is 42.9 Å². The van der Waals surface area contributed by atoms with Gasteiger partial charge in [-0.15, -0.1) is 0 Å². The van der Waals surface area contributed by atoms with Crippen molar-refractivity contribution < 1.29 is 4.79 Å². The van der Waals surface area contributed by atoms with E-state index in [2.05, 4.69) is 12.3 Å². The van der Waals surface area contributed by atoms with Crippen molar-refractivity contribution in [2.24, 2.45) is 0 Å². The lowest BCUT2D eigenvalue weighted by Crippen LogP contribution is -2.26. The quantitative estimate of drug-likeness (QED) is 0.442. The Bertz CT molecular complexity index is 1490. The Balaban J connectivity index is 1.44. The van der Waals surface area contributed by atoms with Gasteiger partial charge in [0.25, 0.3) is 0 Å². The van der Waals surface area contributed by atoms with Crippen LogP contribution in [0, 0.1) is 0 Å². The van der Waals surface area contributed by atoms with Gasteiger partial charge in [0.15, 0.2) is 0 Å². The minimum Gasteiger partial charge on any atom is -0.340 e. The standard InChI is InChI=1S/C26H25N7O/c1-31-15-21-26(33-12-3-2-5-22(33)28-21)20-13-27-19-10-9-17(25(19)29-20)18-14-32(11-4-6-23(31)34)30-24(18)16-7-8-16/h2-3,5,9,12-14,16H,4,6-8,10-11,15H2,1H3. The van der Waals surface area contributed by atoms with Crippen molar-refractivity contribution in [3.63, 3.8) is 0 Å². The number of rotatable bonds is 1. The van der Waals surface area contributed by atoms with Gasteiger partial charge in [0.1, 0.15) is 11.3 Å². The highest BCUT2D eigenvalue weighted by Crippen LogP contribution is 2.44. The first kappa shape index (κ1) is 19.6. The molecular formula is C26H25N7O. The van der Waals surface area contributed by atoms with Crippen LogP contribution in [0.1, 0.15) is 59.9 Å². The van der Waals surface area contributed by atoms with Crippen molar-refractivity contribution >= 4 is 17.1 Å². The van der Waals surface area contributed by atoms with Crippen LogP contribution < -0.4 is 0 Å². The molecule has 1 fully saturated rings. The first-order valence-electron chi connectivity index (χ1n) is 12.0. The summed E-state index contributed by atoms with van der Waals surface area (Å²) in [4.78, 5) is 29.5. The van der Waals surface area contributed by atoms with E-state index < -0.39 is 0 Å². The van der Waals surface area contributed by atoms with Gasteiger partial charge < -0.3 is 4.90 Å². The molecule has 0 spiro atoms. The summed E-state index contributed by atoms with van der Waals surface area (Å²) in [6, 6.07) is 5.94. The molecule has 0 radical (unpaired) electrons. The number of pyridine rings is 1. The maximum Gasteiger partial charge on any atom is 0.222 e. The summed E-state index contributed by atoms with van der Waals surface area (Å²) in [6.45, 7) is 1.15. The number of imidazole rings is 1. The Morgan fingerprint density at radius 2 is 2.03 bits per heavy atom. The van der Waals surface area contributed by atoms with Gasteiger partial charge >= 0.3 is 0 Å². The number of hydrogen-bond donors (Lipinski definition) is 0. The second-order valence-electron chi connectivity index (χ2n) is 9.53. The second-order valence-corrected chi connectivity index (χ2v) is 9.53. The lowest BCUT2D eigenvalue weighted by Gasteiger charge is -2.17. The zero-order chi connectivity index (χ0) is 22.8. The first-order valence-corrected chi connectivity index (χ1v) is 12.0. The summed E-state index contributed by atoms with van der Waals surface area (Å²) in [5, 5.41) is 4.95. The highest BCUT2D eigenvalue weighted by Gasteiger charge is 2.33. The second kappa shape index (κ2) is 7.35. The monoisotopic (exact) mass is 451 g/mol. The molecule has 170 valence electrons. The van der Waals surface area contributed by atoms with E-state index >= 15 is 0 Å². The molecule has 2 aliphatic carbocycles. The Labute approximate surface area is 197 Å². The van der Waals surface area contributed by atoms with Crippen LogP contribution in [0.3, 0.4) is 0 Å². The molecule has 7 rings (SSSR count). The molecule has 0 N–H and O–H groups in total. The fraction of sp³-hybridized carbons (Fsp3) is 0.346. The molecule has 4 aromatic rings. The molecule has 1 aliphatic heterocycles. The van der Waals surface area contributed by atoms with Crippen molar-refractivity contribution in [3.8, 4) is 11.4 Å². The van der Waals surface area contributed by atoms with E-state index in [-0.39, 0.29) is 5.91 Å². The van der Waals surface area contributed by atoms with Crippen LogP contribution in [-0.4, -0.2) is 47.0 Å². The number of aromatic nitrogens is 6. The molecule has 0 unspecified atom stereocenters. The molecule has 0 atom stereocenters. The average molecular weight is 452 g/mol. The van der Waals surface area contributed by atoms with Gasteiger partial charge in [-0.05, 0) is 31.4 Å². The maximum atomic E-state index is 12.9. The lowest BCUT2D eigenvalue weighted by molar-refractivity contribution is -0.130. The van der Waals surface area contributed by atoms with Gasteiger partial charge in [-0.3, -0.25) is 18.9 Å². The first-order chi connectivity index (χ1) is 16.7. The Hall–Kier alpha value is -3.81. The zero-order valence-electron chi connectivity index (χ0n) is 19.1. The zero-order valence-corrected chi connectivity index (χ0v) is 19.1. The van der Waals surface area contributed by atoms with E-state index in [1.807, 2.05) is 46.7 Å². The van der Waals surface area contributed by atoms with Gasteiger partial charge in [0, 0.05) is 55.9 Å². The molecule has 8 nitrogen and oxygen atoms in total. The van der Waals surface area contributed by atoms with Gasteiger partial charge in [-0.25, -0.2) is 9.97 Å². The number of hydrogen-bond acceptors (Lipinski definition) is 5. The molecule has 4 bridgehead atoms. The minimum absolute atomic E-state index is 0.108. The third-order valence-electron chi connectivity index (χ3n) is 7.08. The Morgan fingerprint density at radius 3 is 2.91 bits per heavy atom. The molecule has 34 heavy (non-hydrogen) atoms. The van der Waals surface area contributed by atoms with Crippen molar-refractivity contribution in [1.29, 1.82) is 0 Å². The number of amides is 1. The highest BCUT2D eigenvalue weighted by atomic mass is 16.2. The summed E-state index contributed by atoms with van der Waals surface area (Å²) >= 11 is 0. The normalized spacial score (nSPS) is 18.0. The predicted molar refractivity (Wildman–Crippen MR) is 127 cm³/mol. The van der Waals surface area contributed by atoms with E-state index in [4.69, 9.17) is 20.1 Å². The third-order valence-corrected chi connectivity index (χ3v) is 7.08. The van der Waals surface area contributed by atoms with E-state index in [1.165, 1.54) is 18.4 Å². The van der Waals surface area contributed by atoms with Crippen LogP contribution in [0.5, 0.6) is 0 Å². The molecule has 3 aliphatic rings. The Morgan fingerprint density at radius 1 is 1.12 bits per heavy atom. The van der Waals surface area contributed by atoms with Crippen molar-refractivity contribution in [2.75, 3.05) is 7.05 Å². The maximum absolute atomic E-state index is 12.9. The summed E-state index contributed by atoms with van der Waals surface area (Å²) < 4.78 is 4.07. The SMILES string of the molecule is CN1Cc2nc3ccccn3c2-c2cnc3c(n2)C(=CC3)c2cn(nc2C2CC2)CCCC1=O. The summed E-state index contributed by atoms with van der Waals surface area (Å²) in [7, 11) is 1.85. The molecule has 8 heteroatoms. The van der Waals surface area contributed by atoms with Crippen LogP contribution in [-0.2, 0) is 24.3 Å². The summed E-state index contributed by atoms with van der Waals surface area (Å²) in [5.41, 5.74) is 8.75. The largest absolute Gasteiger partial charge is 0.340 e. The molecule has 1 saturated carbocycles. The van der Waals surface area contributed by atoms with Gasteiger partial charge in [0.05, 0.1) is 41.2 Å². The van der Waals surface area contributed by atoms with E-state index in [0.29, 0.717) is 18.9 Å². The number of allylic oxidation sites excluding steroid dienone is 1. The van der Waals surface area contributed by atoms with E-state index in [9.17, 15) is 4.79 Å². The third kappa shape index (κ3) is 3.09. The minimum atomic E-state index is 0.108. The molecule has 0 saturated heterocycles. The summed E-state index contributed by atoms with van der Waals surface area (Å²) in [6.07, 6.45) is 12.6. The Kier molecular flexibility index (Phi) is 4.24. The van der Waals surface area contributed by atoms with Crippen LogP contribution in [0.2, 0.25) is 0 Å². The van der Waals surface area contributed by atoms with Crippen LogP contribution >= 0.6 is 0 Å². The molecule has 5 heterocycles. The fourth-order valence-electron chi connectivity index (χ4n) is 5.16. The number of aryl methyl sites for hydroxylation is 1. The van der Waals surface area contributed by atoms with Gasteiger partial charge in [0.2, 0.25) is 5.91 Å². The number of fused-ring (bicyclic) bond motifs is 8. The lowest BCUT2D eigenvalue weighted by atomic mass is 10.0. The van der Waals surface area contributed by atoms with Crippen molar-refractivity contribution in [3.05, 3.63) is 71.2 Å². The number of carbonyl (C=O) groups excluding carboxylic acids is 1. The van der Waals surface area contributed by atoms with E-state index in [0.717, 1.165) is 64.8 Å². The van der Waals surface area contributed by atoms with Gasteiger partial charge in [-0.2, -0.15) is 5.10 Å². The van der Waals surface area contributed by atoms with E-state index in [1.54, 1.807) is 4.90 Å². The molecule has 0 aromatic carbocycles. The molecule has 1 amide bonds. The molecule has 4 aromatic heterocycles. The smallest absolute Gasteiger partial charge is 0.222 e. The number of carbonyl (C=O) groups is 1. The predicted octanol–water partition coefficient (Wildman–Crippen LogP) is 3.61. The highest BCUT2D eigenvalue weighted by molar-refractivity contribution is 5.84. The van der Waals surface area contributed by atoms with Gasteiger partial charge in [-0.1, -0.05) is 12.1 Å². The molecular weight excluding hydrogens is 426 g/mol. The number of nitrogens with zero attached hydrogens (tertiary/aromatic N) is 7. The summed E-state index contributed by atoms with van der Waals surface area (Å²) in [5.74, 6) is 0.630. The van der Waals surface area contributed by atoms with Crippen LogP contribution in [0.4, 0.5) is 0 Å². The van der Waals surface area contributed by atoms with Crippen molar-refractivity contribution in [1.82, 2.24) is 34.0 Å². The van der Waals surface area contributed by atoms with Crippen molar-refractivity contribution in [2.45, 2.75) is 51.1 Å².